The van der Waals surface area contributed by atoms with Crippen LogP contribution < -0.4 is 5.32 Å². The van der Waals surface area contributed by atoms with E-state index in [4.69, 9.17) is 0 Å². The minimum absolute atomic E-state index is 0.0166. The van der Waals surface area contributed by atoms with Crippen molar-refractivity contribution in [2.45, 2.75) is 19.8 Å². The lowest BCUT2D eigenvalue weighted by Crippen LogP contribution is -2.29. The van der Waals surface area contributed by atoms with Gasteiger partial charge in [-0.15, -0.1) is 0 Å². The van der Waals surface area contributed by atoms with Gasteiger partial charge in [0.05, 0.1) is 11.8 Å². The molecule has 0 saturated heterocycles. The Morgan fingerprint density at radius 1 is 1.62 bits per heavy atom. The van der Waals surface area contributed by atoms with Crippen LogP contribution in [0.1, 0.15) is 30.1 Å². The number of aromatic hydroxyl groups is 1. The number of aromatic nitrogens is 1. The van der Waals surface area contributed by atoms with Crippen molar-refractivity contribution in [3.05, 3.63) is 24.0 Å². The molecule has 1 heterocycles. The number of hydrogen-bond acceptors (Lipinski definition) is 3. The van der Waals surface area contributed by atoms with Crippen LogP contribution in [0.25, 0.3) is 0 Å². The van der Waals surface area contributed by atoms with Crippen LogP contribution in [-0.4, -0.2) is 22.5 Å². The van der Waals surface area contributed by atoms with Gasteiger partial charge in [0.2, 0.25) is 0 Å². The van der Waals surface area contributed by atoms with Crippen LogP contribution in [0, 0.1) is 11.8 Å². The van der Waals surface area contributed by atoms with E-state index in [1.165, 1.54) is 31.3 Å². The predicted octanol–water partition coefficient (Wildman–Crippen LogP) is 1.56. The van der Waals surface area contributed by atoms with E-state index in [1.54, 1.807) is 0 Å². The van der Waals surface area contributed by atoms with E-state index in [1.807, 2.05) is 0 Å². The number of pyridine rings is 1. The first kappa shape index (κ1) is 10.9. The van der Waals surface area contributed by atoms with Gasteiger partial charge in [0.25, 0.3) is 5.91 Å². The van der Waals surface area contributed by atoms with Crippen molar-refractivity contribution in [1.29, 1.82) is 0 Å². The molecule has 0 aromatic carbocycles. The third-order valence-electron chi connectivity index (χ3n) is 3.00. The number of hydrogen-bond donors (Lipinski definition) is 2. The zero-order valence-corrected chi connectivity index (χ0v) is 9.31. The lowest BCUT2D eigenvalue weighted by atomic mass is 10.1. The standard InChI is InChI=1S/C12H16N2O2/c1-8(9-2-3-9)5-14-12(16)10-4-11(15)7-13-6-10/h4,6-9,15H,2-3,5H2,1H3,(H,14,16). The molecule has 1 aliphatic rings. The van der Waals surface area contributed by atoms with Crippen LogP contribution in [0.15, 0.2) is 18.5 Å². The van der Waals surface area contributed by atoms with Crippen molar-refractivity contribution in [3.8, 4) is 5.75 Å². The lowest BCUT2D eigenvalue weighted by Gasteiger charge is -2.11. The number of carbonyl (C=O) groups excluding carboxylic acids is 1. The van der Waals surface area contributed by atoms with Crippen LogP contribution in [0.2, 0.25) is 0 Å². The quantitative estimate of drug-likeness (QED) is 0.809. The van der Waals surface area contributed by atoms with Gasteiger partial charge in [-0.05, 0) is 30.7 Å². The molecule has 1 unspecified atom stereocenters. The first-order valence-electron chi connectivity index (χ1n) is 5.59. The summed E-state index contributed by atoms with van der Waals surface area (Å²) >= 11 is 0. The molecule has 1 amide bonds. The molecule has 1 aliphatic carbocycles. The zero-order chi connectivity index (χ0) is 11.5. The van der Waals surface area contributed by atoms with E-state index in [0.29, 0.717) is 18.0 Å². The number of nitrogens with zero attached hydrogens (tertiary/aromatic N) is 1. The molecule has 0 bridgehead atoms. The van der Waals surface area contributed by atoms with Crippen molar-refractivity contribution in [3.63, 3.8) is 0 Å². The number of amides is 1. The SMILES string of the molecule is CC(CNC(=O)c1cncc(O)c1)C1CC1. The average molecular weight is 220 g/mol. The molecule has 4 heteroatoms. The molecule has 1 aromatic rings. The Kier molecular flexibility index (Phi) is 3.08. The molecule has 2 N–H and O–H groups in total. The summed E-state index contributed by atoms with van der Waals surface area (Å²) in [6.45, 7) is 2.85. The summed E-state index contributed by atoms with van der Waals surface area (Å²) in [6.07, 6.45) is 5.33. The number of rotatable bonds is 4. The molecular formula is C12H16N2O2. The Morgan fingerprint density at radius 3 is 3.00 bits per heavy atom. The van der Waals surface area contributed by atoms with Crippen molar-refractivity contribution in [2.24, 2.45) is 11.8 Å². The molecule has 0 spiro atoms. The predicted molar refractivity (Wildman–Crippen MR) is 60.1 cm³/mol. The highest BCUT2D eigenvalue weighted by Crippen LogP contribution is 2.36. The summed E-state index contributed by atoms with van der Waals surface area (Å²) in [7, 11) is 0. The molecule has 1 aromatic heterocycles. The maximum Gasteiger partial charge on any atom is 0.252 e. The monoisotopic (exact) mass is 220 g/mol. The fourth-order valence-corrected chi connectivity index (χ4v) is 1.74. The highest BCUT2D eigenvalue weighted by molar-refractivity contribution is 5.94. The normalized spacial score (nSPS) is 16.8. The van der Waals surface area contributed by atoms with Gasteiger partial charge in [0, 0.05) is 12.7 Å². The Bertz CT molecular complexity index is 388. The topological polar surface area (TPSA) is 62.2 Å². The van der Waals surface area contributed by atoms with E-state index < -0.39 is 0 Å². The summed E-state index contributed by atoms with van der Waals surface area (Å²) in [5.74, 6) is 1.16. The highest BCUT2D eigenvalue weighted by atomic mass is 16.3. The Hall–Kier alpha value is -1.58. The van der Waals surface area contributed by atoms with Gasteiger partial charge >= 0.3 is 0 Å². The minimum Gasteiger partial charge on any atom is -0.506 e. The first-order valence-corrected chi connectivity index (χ1v) is 5.59. The van der Waals surface area contributed by atoms with Gasteiger partial charge in [0.1, 0.15) is 5.75 Å². The summed E-state index contributed by atoms with van der Waals surface area (Å²) in [5.41, 5.74) is 0.406. The summed E-state index contributed by atoms with van der Waals surface area (Å²) in [5, 5.41) is 12.1. The molecule has 2 rings (SSSR count). The molecule has 4 nitrogen and oxygen atoms in total. The zero-order valence-electron chi connectivity index (χ0n) is 9.31. The van der Waals surface area contributed by atoms with Gasteiger partial charge in [0.15, 0.2) is 0 Å². The van der Waals surface area contributed by atoms with Crippen LogP contribution in [-0.2, 0) is 0 Å². The van der Waals surface area contributed by atoms with Gasteiger partial charge < -0.3 is 10.4 Å². The highest BCUT2D eigenvalue weighted by Gasteiger charge is 2.27. The molecule has 1 saturated carbocycles. The minimum atomic E-state index is -0.170. The average Bonchev–Trinajstić information content (AvgIpc) is 3.09. The van der Waals surface area contributed by atoms with Crippen molar-refractivity contribution in [1.82, 2.24) is 10.3 Å². The lowest BCUT2D eigenvalue weighted by molar-refractivity contribution is 0.0946. The van der Waals surface area contributed by atoms with Crippen LogP contribution >= 0.6 is 0 Å². The molecule has 1 fully saturated rings. The first-order chi connectivity index (χ1) is 7.66. The third kappa shape index (κ3) is 2.72. The summed E-state index contributed by atoms with van der Waals surface area (Å²) in [4.78, 5) is 15.5. The smallest absolute Gasteiger partial charge is 0.252 e. The van der Waals surface area contributed by atoms with Crippen molar-refractivity contribution in [2.75, 3.05) is 6.54 Å². The van der Waals surface area contributed by atoms with E-state index in [2.05, 4.69) is 17.2 Å². The van der Waals surface area contributed by atoms with Gasteiger partial charge in [-0.25, -0.2) is 0 Å². The van der Waals surface area contributed by atoms with Gasteiger partial charge in [-0.3, -0.25) is 9.78 Å². The Balaban J connectivity index is 1.87. The van der Waals surface area contributed by atoms with E-state index in [0.717, 1.165) is 5.92 Å². The van der Waals surface area contributed by atoms with Crippen molar-refractivity contribution >= 4 is 5.91 Å². The number of carbonyl (C=O) groups is 1. The third-order valence-corrected chi connectivity index (χ3v) is 3.00. The second kappa shape index (κ2) is 4.51. The molecule has 1 atom stereocenters. The molecule has 0 aliphatic heterocycles. The van der Waals surface area contributed by atoms with E-state index in [-0.39, 0.29) is 11.7 Å². The van der Waals surface area contributed by atoms with E-state index in [9.17, 15) is 9.90 Å². The van der Waals surface area contributed by atoms with Gasteiger partial charge in [-0.2, -0.15) is 0 Å². The summed E-state index contributed by atoms with van der Waals surface area (Å²) < 4.78 is 0. The largest absolute Gasteiger partial charge is 0.506 e. The summed E-state index contributed by atoms with van der Waals surface area (Å²) in [6, 6.07) is 1.42. The second-order valence-corrected chi connectivity index (χ2v) is 4.46. The Morgan fingerprint density at radius 2 is 2.38 bits per heavy atom. The van der Waals surface area contributed by atoms with E-state index >= 15 is 0 Å². The molecular weight excluding hydrogens is 204 g/mol. The fourth-order valence-electron chi connectivity index (χ4n) is 1.74. The molecule has 86 valence electrons. The maximum atomic E-state index is 11.7. The fraction of sp³-hybridized carbons (Fsp3) is 0.500. The second-order valence-electron chi connectivity index (χ2n) is 4.46. The van der Waals surface area contributed by atoms with Crippen LogP contribution in [0.3, 0.4) is 0 Å². The van der Waals surface area contributed by atoms with Gasteiger partial charge in [-0.1, -0.05) is 6.92 Å². The van der Waals surface area contributed by atoms with Crippen LogP contribution in [0.5, 0.6) is 5.75 Å². The molecule has 16 heavy (non-hydrogen) atoms. The van der Waals surface area contributed by atoms with Crippen LogP contribution in [0.4, 0.5) is 0 Å². The number of nitrogens with one attached hydrogen (secondary N) is 1. The Labute approximate surface area is 94.7 Å². The maximum absolute atomic E-state index is 11.7. The molecule has 0 radical (unpaired) electrons. The van der Waals surface area contributed by atoms with Crippen molar-refractivity contribution < 1.29 is 9.90 Å².